The second-order valence-electron chi connectivity index (χ2n) is 2.67. The highest BCUT2D eigenvalue weighted by Gasteiger charge is 2.20. The summed E-state index contributed by atoms with van der Waals surface area (Å²) in [6.07, 6.45) is 3.39. The molecule has 1 aliphatic rings. The number of carboxylic acid groups (broad SMARTS) is 1. The lowest BCUT2D eigenvalue weighted by atomic mass is 10.1. The van der Waals surface area contributed by atoms with Gasteiger partial charge < -0.3 is 10.8 Å². The number of urea groups is 1. The topological polar surface area (TPSA) is 83.6 Å². The number of nitrogens with zero attached hydrogens (tertiary/aromatic N) is 1. The minimum Gasteiger partial charge on any atom is -0.478 e. The van der Waals surface area contributed by atoms with E-state index in [1.54, 1.807) is 13.0 Å². The highest BCUT2D eigenvalue weighted by molar-refractivity contribution is 5.89. The van der Waals surface area contributed by atoms with Crippen molar-refractivity contribution in [3.05, 3.63) is 23.5 Å². The number of hydrogen-bond donors (Lipinski definition) is 2. The van der Waals surface area contributed by atoms with Crippen LogP contribution in [0.5, 0.6) is 0 Å². The molecule has 0 saturated carbocycles. The van der Waals surface area contributed by atoms with Gasteiger partial charge in [-0.25, -0.2) is 9.59 Å². The van der Waals surface area contributed by atoms with E-state index in [9.17, 15) is 9.59 Å². The van der Waals surface area contributed by atoms with Crippen molar-refractivity contribution in [2.45, 2.75) is 13.3 Å². The van der Waals surface area contributed by atoms with E-state index >= 15 is 0 Å². The van der Waals surface area contributed by atoms with E-state index in [2.05, 4.69) is 0 Å². The lowest BCUT2D eigenvalue weighted by molar-refractivity contribution is -0.132. The van der Waals surface area contributed by atoms with E-state index in [1.807, 2.05) is 0 Å². The number of amides is 2. The number of hydrogen-bond acceptors (Lipinski definition) is 2. The summed E-state index contributed by atoms with van der Waals surface area (Å²) in [7, 11) is 0. The number of aliphatic carboxylic acids is 1. The van der Waals surface area contributed by atoms with Gasteiger partial charge in [0.15, 0.2) is 0 Å². The van der Waals surface area contributed by atoms with E-state index in [0.717, 1.165) is 4.90 Å². The summed E-state index contributed by atoms with van der Waals surface area (Å²) in [5.41, 5.74) is 5.60. The van der Waals surface area contributed by atoms with Crippen molar-refractivity contribution in [3.63, 3.8) is 0 Å². The first-order valence-corrected chi connectivity index (χ1v) is 3.72. The monoisotopic (exact) mass is 182 g/mol. The first-order valence-electron chi connectivity index (χ1n) is 3.72. The molecule has 5 nitrogen and oxygen atoms in total. The molecule has 3 N–H and O–H groups in total. The van der Waals surface area contributed by atoms with Crippen LogP contribution in [0.4, 0.5) is 4.79 Å². The molecule has 2 amide bonds. The number of carboxylic acids is 1. The molecule has 0 spiro atoms. The quantitative estimate of drug-likeness (QED) is 0.624. The van der Waals surface area contributed by atoms with Crippen LogP contribution in [0.15, 0.2) is 23.5 Å². The van der Waals surface area contributed by atoms with Gasteiger partial charge in [-0.3, -0.25) is 4.90 Å². The zero-order valence-corrected chi connectivity index (χ0v) is 7.15. The molecular weight excluding hydrogens is 172 g/mol. The SMILES string of the molecule is CC1=C(C(=O)O)CC=CN1C(N)=O. The normalized spacial score (nSPS) is 16.2. The molecule has 70 valence electrons. The molecule has 0 aromatic heterocycles. The third-order valence-electron chi connectivity index (χ3n) is 1.87. The third kappa shape index (κ3) is 1.69. The summed E-state index contributed by atoms with van der Waals surface area (Å²) in [6, 6.07) is -0.674. The molecule has 1 heterocycles. The number of rotatable bonds is 1. The van der Waals surface area contributed by atoms with Gasteiger partial charge >= 0.3 is 12.0 Å². The van der Waals surface area contributed by atoms with Gasteiger partial charge in [0, 0.05) is 18.3 Å². The Morgan fingerprint density at radius 3 is 2.69 bits per heavy atom. The number of nitrogens with two attached hydrogens (primary N) is 1. The molecule has 5 heteroatoms. The first-order chi connectivity index (χ1) is 6.04. The predicted molar refractivity (Wildman–Crippen MR) is 45.5 cm³/mol. The summed E-state index contributed by atoms with van der Waals surface area (Å²) in [6.45, 7) is 1.55. The van der Waals surface area contributed by atoms with Crippen molar-refractivity contribution in [2.75, 3.05) is 0 Å². The molecule has 1 aliphatic heterocycles. The number of carbonyl (C=O) groups is 2. The maximum atomic E-state index is 10.8. The minimum atomic E-state index is -1.02. The highest BCUT2D eigenvalue weighted by Crippen LogP contribution is 2.19. The molecule has 0 aromatic carbocycles. The number of allylic oxidation sites excluding steroid dienone is 2. The smallest absolute Gasteiger partial charge is 0.333 e. The van der Waals surface area contributed by atoms with Crippen LogP contribution in [0.1, 0.15) is 13.3 Å². The van der Waals surface area contributed by atoms with Gasteiger partial charge in [0.25, 0.3) is 0 Å². The largest absolute Gasteiger partial charge is 0.478 e. The van der Waals surface area contributed by atoms with Gasteiger partial charge in [0.05, 0.1) is 5.57 Å². The zero-order chi connectivity index (χ0) is 10.0. The zero-order valence-electron chi connectivity index (χ0n) is 7.15. The second kappa shape index (κ2) is 3.30. The van der Waals surface area contributed by atoms with Crippen molar-refractivity contribution >= 4 is 12.0 Å². The van der Waals surface area contributed by atoms with E-state index in [1.165, 1.54) is 6.20 Å². The lowest BCUT2D eigenvalue weighted by Crippen LogP contribution is -2.32. The first kappa shape index (κ1) is 9.31. The predicted octanol–water partition coefficient (Wildman–Crippen LogP) is 0.643. The summed E-state index contributed by atoms with van der Waals surface area (Å²) in [5.74, 6) is -1.02. The van der Waals surface area contributed by atoms with Gasteiger partial charge in [0.2, 0.25) is 0 Å². The van der Waals surface area contributed by atoms with Crippen molar-refractivity contribution in [1.82, 2.24) is 4.90 Å². The van der Waals surface area contributed by atoms with E-state index in [-0.39, 0.29) is 5.57 Å². The Morgan fingerprint density at radius 2 is 2.23 bits per heavy atom. The van der Waals surface area contributed by atoms with E-state index in [0.29, 0.717) is 12.1 Å². The van der Waals surface area contributed by atoms with E-state index < -0.39 is 12.0 Å². The molecule has 0 bridgehead atoms. The molecule has 1 rings (SSSR count). The van der Waals surface area contributed by atoms with Crippen molar-refractivity contribution in [2.24, 2.45) is 5.73 Å². The van der Waals surface area contributed by atoms with Crippen LogP contribution in [0, 0.1) is 0 Å². The van der Waals surface area contributed by atoms with Gasteiger partial charge in [-0.1, -0.05) is 6.08 Å². The Labute approximate surface area is 75.1 Å². The Hall–Kier alpha value is -1.78. The molecule has 13 heavy (non-hydrogen) atoms. The molecule has 0 saturated heterocycles. The second-order valence-corrected chi connectivity index (χ2v) is 2.67. The summed E-state index contributed by atoms with van der Waals surface area (Å²) < 4.78 is 0. The average Bonchev–Trinajstić information content (AvgIpc) is 2.03. The van der Waals surface area contributed by atoms with Crippen LogP contribution in [0.2, 0.25) is 0 Å². The molecule has 0 radical (unpaired) electrons. The van der Waals surface area contributed by atoms with Gasteiger partial charge in [-0.15, -0.1) is 0 Å². The summed E-state index contributed by atoms with van der Waals surface area (Å²) >= 11 is 0. The number of primary amides is 1. The maximum Gasteiger partial charge on any atom is 0.333 e. The molecule has 0 aromatic rings. The Morgan fingerprint density at radius 1 is 1.62 bits per heavy atom. The molecule has 0 aliphatic carbocycles. The van der Waals surface area contributed by atoms with Gasteiger partial charge in [0.1, 0.15) is 0 Å². The van der Waals surface area contributed by atoms with Crippen LogP contribution < -0.4 is 5.73 Å². The molecule has 0 fully saturated rings. The molecular formula is C8H10N2O3. The molecule has 0 atom stereocenters. The van der Waals surface area contributed by atoms with E-state index in [4.69, 9.17) is 10.8 Å². The van der Waals surface area contributed by atoms with Gasteiger partial charge in [-0.2, -0.15) is 0 Å². The van der Waals surface area contributed by atoms with Crippen molar-refractivity contribution in [3.8, 4) is 0 Å². The highest BCUT2D eigenvalue weighted by atomic mass is 16.4. The van der Waals surface area contributed by atoms with Crippen LogP contribution >= 0.6 is 0 Å². The summed E-state index contributed by atoms with van der Waals surface area (Å²) in [5, 5.41) is 8.74. The lowest BCUT2D eigenvalue weighted by Gasteiger charge is -2.21. The summed E-state index contributed by atoms with van der Waals surface area (Å²) in [4.78, 5) is 22.6. The fourth-order valence-electron chi connectivity index (χ4n) is 1.16. The Bertz CT molecular complexity index is 317. The molecule has 0 unspecified atom stereocenters. The average molecular weight is 182 g/mol. The minimum absolute atomic E-state index is 0.196. The van der Waals surface area contributed by atoms with Crippen molar-refractivity contribution < 1.29 is 14.7 Å². The van der Waals surface area contributed by atoms with Crippen molar-refractivity contribution in [1.29, 1.82) is 0 Å². The Balaban J connectivity index is 3.03. The van der Waals surface area contributed by atoms with Gasteiger partial charge in [-0.05, 0) is 6.92 Å². The fraction of sp³-hybridized carbons (Fsp3) is 0.250. The third-order valence-corrected chi connectivity index (χ3v) is 1.87. The Kier molecular flexibility index (Phi) is 2.36. The van der Waals surface area contributed by atoms with Crippen LogP contribution in [0.3, 0.4) is 0 Å². The van der Waals surface area contributed by atoms with Crippen LogP contribution in [-0.2, 0) is 4.79 Å². The maximum absolute atomic E-state index is 10.8. The number of carbonyl (C=O) groups excluding carboxylic acids is 1. The standard InChI is InChI=1S/C8H10N2O3/c1-5-6(7(11)12)3-2-4-10(5)8(9)13/h2,4H,3H2,1H3,(H2,9,13)(H,11,12). The fourth-order valence-corrected chi connectivity index (χ4v) is 1.16. The van der Waals surface area contributed by atoms with Crippen LogP contribution in [0.25, 0.3) is 0 Å². The van der Waals surface area contributed by atoms with Crippen LogP contribution in [-0.4, -0.2) is 22.0 Å².